The summed E-state index contributed by atoms with van der Waals surface area (Å²) in [6.07, 6.45) is 1.68. The molecule has 0 saturated carbocycles. The number of benzene rings is 3. The lowest BCUT2D eigenvalue weighted by molar-refractivity contribution is -0.178. The van der Waals surface area contributed by atoms with Crippen LogP contribution in [0.5, 0.6) is 0 Å². The third kappa shape index (κ3) is 2.56. The molecule has 3 aromatic rings. The molecule has 3 heterocycles. The van der Waals surface area contributed by atoms with Gasteiger partial charge in [-0.1, -0.05) is 72.8 Å². The summed E-state index contributed by atoms with van der Waals surface area (Å²) in [5.41, 5.74) is 3.33. The fourth-order valence-corrected chi connectivity index (χ4v) is 5.28. The van der Waals surface area contributed by atoms with Crippen LogP contribution in [-0.2, 0) is 36.8 Å². The molecule has 6 heteroatoms. The number of ether oxygens (including phenoxy) is 2. The summed E-state index contributed by atoms with van der Waals surface area (Å²) < 4.78 is 11.5. The number of hydrogen-bond acceptors (Lipinski definition) is 4. The first-order valence-corrected chi connectivity index (χ1v) is 10.9. The number of nitrogens with one attached hydrogen (secondary N) is 1. The standard InChI is InChI=1S/C27H22N2O4/c1-2-26(20-12-8-13-21-23(20)28-24(30)27(21)32-15-16-33-27)19-11-6-7-14-22(19)29(25(26)31)17-18-9-4-3-5-10-18/h2-14H,1,15-17H2,(H,28,30)/t26-/m1/s1. The van der Waals surface area contributed by atoms with Crippen molar-refractivity contribution in [3.8, 4) is 0 Å². The molecule has 6 nitrogen and oxygen atoms in total. The number of carbonyl (C=O) groups is 2. The van der Waals surface area contributed by atoms with E-state index >= 15 is 0 Å². The second-order valence-electron chi connectivity index (χ2n) is 8.40. The van der Waals surface area contributed by atoms with E-state index in [1.165, 1.54) is 0 Å². The van der Waals surface area contributed by atoms with Crippen molar-refractivity contribution in [1.29, 1.82) is 0 Å². The molecule has 0 aliphatic carbocycles. The summed E-state index contributed by atoms with van der Waals surface area (Å²) in [5.74, 6) is -1.94. The zero-order valence-corrected chi connectivity index (χ0v) is 17.9. The number of fused-ring (bicyclic) bond motifs is 3. The Labute approximate surface area is 191 Å². The molecule has 0 bridgehead atoms. The van der Waals surface area contributed by atoms with Gasteiger partial charge in [0.05, 0.1) is 25.4 Å². The maximum absolute atomic E-state index is 14.2. The minimum Gasteiger partial charge on any atom is -0.336 e. The molecule has 3 aliphatic heterocycles. The molecule has 0 unspecified atom stereocenters. The van der Waals surface area contributed by atoms with Crippen LogP contribution < -0.4 is 10.2 Å². The number of anilines is 2. The molecule has 3 aliphatic rings. The Morgan fingerprint density at radius 1 is 0.879 bits per heavy atom. The molecular formula is C27H22N2O4. The minimum atomic E-state index is -1.46. The van der Waals surface area contributed by atoms with E-state index in [1.807, 2.05) is 72.8 Å². The van der Waals surface area contributed by atoms with Crippen LogP contribution in [0.15, 0.2) is 85.5 Å². The molecule has 164 valence electrons. The van der Waals surface area contributed by atoms with Crippen molar-refractivity contribution in [2.45, 2.75) is 17.7 Å². The first-order valence-electron chi connectivity index (χ1n) is 10.9. The van der Waals surface area contributed by atoms with Gasteiger partial charge in [0.25, 0.3) is 11.7 Å². The first kappa shape index (κ1) is 19.9. The number of amides is 2. The van der Waals surface area contributed by atoms with E-state index in [0.29, 0.717) is 36.6 Å². The zero-order valence-electron chi connectivity index (χ0n) is 17.9. The van der Waals surface area contributed by atoms with E-state index < -0.39 is 11.2 Å². The fourth-order valence-electron chi connectivity index (χ4n) is 5.28. The van der Waals surface area contributed by atoms with Gasteiger partial charge in [0.1, 0.15) is 5.41 Å². The second-order valence-corrected chi connectivity index (χ2v) is 8.40. The van der Waals surface area contributed by atoms with Crippen LogP contribution in [0.4, 0.5) is 11.4 Å². The predicted octanol–water partition coefficient (Wildman–Crippen LogP) is 3.86. The van der Waals surface area contributed by atoms with Gasteiger partial charge in [-0.3, -0.25) is 9.59 Å². The highest BCUT2D eigenvalue weighted by molar-refractivity contribution is 6.14. The van der Waals surface area contributed by atoms with Crippen molar-refractivity contribution < 1.29 is 19.1 Å². The monoisotopic (exact) mass is 438 g/mol. The molecule has 1 N–H and O–H groups in total. The average molecular weight is 438 g/mol. The van der Waals surface area contributed by atoms with Crippen molar-refractivity contribution in [2.24, 2.45) is 0 Å². The highest BCUT2D eigenvalue weighted by atomic mass is 16.7. The van der Waals surface area contributed by atoms with Gasteiger partial charge >= 0.3 is 0 Å². The van der Waals surface area contributed by atoms with E-state index in [0.717, 1.165) is 16.8 Å². The summed E-state index contributed by atoms with van der Waals surface area (Å²) in [6.45, 7) is 5.19. The molecule has 1 fully saturated rings. The quantitative estimate of drug-likeness (QED) is 0.629. The van der Waals surface area contributed by atoms with Crippen LogP contribution >= 0.6 is 0 Å². The maximum atomic E-state index is 14.2. The summed E-state index contributed by atoms with van der Waals surface area (Å²) in [4.78, 5) is 29.0. The van der Waals surface area contributed by atoms with Gasteiger partial charge in [0.2, 0.25) is 5.91 Å². The Balaban J connectivity index is 1.54. The van der Waals surface area contributed by atoms with Crippen molar-refractivity contribution >= 4 is 23.2 Å². The van der Waals surface area contributed by atoms with Crippen molar-refractivity contribution in [2.75, 3.05) is 23.4 Å². The van der Waals surface area contributed by atoms with Gasteiger partial charge in [0, 0.05) is 16.8 Å². The molecule has 1 atom stereocenters. The summed E-state index contributed by atoms with van der Waals surface area (Å²) in [6, 6.07) is 23.2. The van der Waals surface area contributed by atoms with Gasteiger partial charge in [-0.05, 0) is 17.2 Å². The van der Waals surface area contributed by atoms with E-state index in [-0.39, 0.29) is 11.8 Å². The minimum absolute atomic E-state index is 0.112. The topological polar surface area (TPSA) is 67.9 Å². The number of para-hydroxylation sites is 2. The number of hydrogen-bond donors (Lipinski definition) is 1. The Hall–Kier alpha value is -3.74. The van der Waals surface area contributed by atoms with Gasteiger partial charge in [-0.25, -0.2) is 0 Å². The number of nitrogens with zero attached hydrogens (tertiary/aromatic N) is 1. The van der Waals surface area contributed by atoms with Crippen LogP contribution in [0.1, 0.15) is 22.3 Å². The molecular weight excluding hydrogens is 416 g/mol. The molecule has 1 saturated heterocycles. The lowest BCUT2D eigenvalue weighted by atomic mass is 9.74. The zero-order chi connectivity index (χ0) is 22.6. The van der Waals surface area contributed by atoms with E-state index in [4.69, 9.17) is 9.47 Å². The van der Waals surface area contributed by atoms with Crippen molar-refractivity contribution in [3.63, 3.8) is 0 Å². The van der Waals surface area contributed by atoms with Crippen molar-refractivity contribution in [1.82, 2.24) is 0 Å². The third-order valence-corrected chi connectivity index (χ3v) is 6.77. The van der Waals surface area contributed by atoms with E-state index in [2.05, 4.69) is 11.9 Å². The highest BCUT2D eigenvalue weighted by Crippen LogP contribution is 2.53. The SMILES string of the molecule is C=C[C@@]1(c2cccc3c2NC(=O)C32OCCO2)C(=O)N(Cc2ccccc2)c2ccccc21. The predicted molar refractivity (Wildman–Crippen MR) is 124 cm³/mol. The largest absolute Gasteiger partial charge is 0.336 e. The molecule has 1 spiro atoms. The first-order chi connectivity index (χ1) is 16.1. The molecule has 6 rings (SSSR count). The molecule has 0 aromatic heterocycles. The van der Waals surface area contributed by atoms with Crippen LogP contribution in [0.25, 0.3) is 0 Å². The van der Waals surface area contributed by atoms with E-state index in [9.17, 15) is 9.59 Å². The maximum Gasteiger partial charge on any atom is 0.289 e. The average Bonchev–Trinajstić information content (AvgIpc) is 3.52. The van der Waals surface area contributed by atoms with Crippen LogP contribution in [0, 0.1) is 0 Å². The van der Waals surface area contributed by atoms with Crippen LogP contribution in [0.2, 0.25) is 0 Å². The molecule has 0 radical (unpaired) electrons. The van der Waals surface area contributed by atoms with Gasteiger partial charge in [-0.2, -0.15) is 0 Å². The normalized spacial score (nSPS) is 22.4. The van der Waals surface area contributed by atoms with Crippen LogP contribution in [0.3, 0.4) is 0 Å². The number of carbonyl (C=O) groups excluding carboxylic acids is 2. The van der Waals surface area contributed by atoms with Gasteiger partial charge in [-0.15, -0.1) is 6.58 Å². The Morgan fingerprint density at radius 2 is 1.55 bits per heavy atom. The lowest BCUT2D eigenvalue weighted by Crippen LogP contribution is -2.40. The third-order valence-electron chi connectivity index (χ3n) is 6.77. The number of rotatable bonds is 4. The summed E-state index contributed by atoms with van der Waals surface area (Å²) in [5, 5.41) is 2.94. The Kier molecular flexibility index (Phi) is 4.30. The molecule has 3 aromatic carbocycles. The highest BCUT2D eigenvalue weighted by Gasteiger charge is 2.57. The van der Waals surface area contributed by atoms with Crippen molar-refractivity contribution in [3.05, 3.63) is 108 Å². The smallest absolute Gasteiger partial charge is 0.289 e. The molecule has 33 heavy (non-hydrogen) atoms. The summed E-state index contributed by atoms with van der Waals surface area (Å²) in [7, 11) is 0. The van der Waals surface area contributed by atoms with Crippen LogP contribution in [-0.4, -0.2) is 25.0 Å². The summed E-state index contributed by atoms with van der Waals surface area (Å²) >= 11 is 0. The van der Waals surface area contributed by atoms with Gasteiger partial charge < -0.3 is 19.7 Å². The second kappa shape index (κ2) is 7.13. The Bertz CT molecular complexity index is 1300. The van der Waals surface area contributed by atoms with Gasteiger partial charge in [0.15, 0.2) is 0 Å². The Morgan fingerprint density at radius 3 is 2.30 bits per heavy atom. The fraction of sp³-hybridized carbons (Fsp3) is 0.185. The lowest BCUT2D eigenvalue weighted by Gasteiger charge is -2.28. The van der Waals surface area contributed by atoms with E-state index in [1.54, 1.807) is 11.0 Å². The molecule has 2 amide bonds.